The van der Waals surface area contributed by atoms with Crippen molar-refractivity contribution >= 4 is 17.7 Å². The van der Waals surface area contributed by atoms with Gasteiger partial charge < -0.3 is 15.1 Å². The average Bonchev–Trinajstić information content (AvgIpc) is 3.20. The van der Waals surface area contributed by atoms with Gasteiger partial charge in [-0.1, -0.05) is 0 Å². The van der Waals surface area contributed by atoms with Gasteiger partial charge >= 0.3 is 5.69 Å². The molecule has 1 unspecified atom stereocenters. The average molecular weight is 500 g/mol. The summed E-state index contributed by atoms with van der Waals surface area (Å²) in [6, 6.07) is 1.12. The fraction of sp³-hybridized carbons (Fsp3) is 0.583. The van der Waals surface area contributed by atoms with Gasteiger partial charge in [-0.2, -0.15) is 5.10 Å². The third kappa shape index (κ3) is 4.71. The number of amides is 3. The molecule has 0 saturated heterocycles. The van der Waals surface area contributed by atoms with E-state index in [2.05, 4.69) is 10.4 Å². The zero-order valence-corrected chi connectivity index (χ0v) is 21.2. The minimum absolute atomic E-state index is 0.00916. The Morgan fingerprint density at radius 3 is 2.47 bits per heavy atom. The van der Waals surface area contributed by atoms with Gasteiger partial charge in [0.15, 0.2) is 5.69 Å². The highest BCUT2D eigenvalue weighted by atomic mass is 16.2. The van der Waals surface area contributed by atoms with Crippen molar-refractivity contribution in [3.05, 3.63) is 49.5 Å². The summed E-state index contributed by atoms with van der Waals surface area (Å²) >= 11 is 0. The summed E-state index contributed by atoms with van der Waals surface area (Å²) < 4.78 is 3.84. The first kappa shape index (κ1) is 25.4. The highest BCUT2D eigenvalue weighted by Gasteiger charge is 2.32. The predicted molar refractivity (Wildman–Crippen MR) is 131 cm³/mol. The lowest BCUT2D eigenvalue weighted by Gasteiger charge is -2.32. The molecule has 1 aliphatic carbocycles. The van der Waals surface area contributed by atoms with Crippen LogP contribution in [0.2, 0.25) is 0 Å². The van der Waals surface area contributed by atoms with E-state index in [0.717, 1.165) is 39.3 Å². The van der Waals surface area contributed by atoms with E-state index in [1.807, 2.05) is 7.05 Å². The number of likely N-dealkylation sites (N-methyl/N-ethyl adjacent to an activating group) is 1. The number of rotatable bonds is 1. The van der Waals surface area contributed by atoms with Gasteiger partial charge in [-0.05, 0) is 32.1 Å². The maximum atomic E-state index is 13.3. The summed E-state index contributed by atoms with van der Waals surface area (Å²) in [5, 5.41) is 7.35. The van der Waals surface area contributed by atoms with Crippen LogP contribution >= 0.6 is 0 Å². The van der Waals surface area contributed by atoms with E-state index in [1.165, 1.54) is 19.0 Å². The summed E-state index contributed by atoms with van der Waals surface area (Å²) in [5.74, 6) is -0.763. The molecule has 2 aromatic rings. The van der Waals surface area contributed by atoms with E-state index in [-0.39, 0.29) is 43.1 Å². The van der Waals surface area contributed by atoms with Crippen LogP contribution in [0.3, 0.4) is 0 Å². The largest absolute Gasteiger partial charge is 0.351 e. The molecule has 0 radical (unpaired) electrons. The Bertz CT molecular complexity index is 1320. The molecule has 2 bridgehead atoms. The molecule has 0 fully saturated rings. The lowest BCUT2D eigenvalue weighted by Crippen LogP contribution is -2.43. The predicted octanol–water partition coefficient (Wildman–Crippen LogP) is -0.811. The van der Waals surface area contributed by atoms with E-state index in [1.54, 1.807) is 16.6 Å². The summed E-state index contributed by atoms with van der Waals surface area (Å²) in [5.41, 5.74) is 1.14. The second kappa shape index (κ2) is 10.1. The van der Waals surface area contributed by atoms with Crippen LogP contribution in [0, 0.1) is 0 Å². The summed E-state index contributed by atoms with van der Waals surface area (Å²) in [4.78, 5) is 67.1. The Morgan fingerprint density at radius 1 is 1.00 bits per heavy atom. The van der Waals surface area contributed by atoms with Gasteiger partial charge in [0, 0.05) is 77.6 Å². The molecule has 0 aromatic carbocycles. The molecular weight excluding hydrogens is 466 g/mol. The topological polar surface area (TPSA) is 132 Å². The van der Waals surface area contributed by atoms with Crippen LogP contribution in [-0.2, 0) is 38.8 Å². The van der Waals surface area contributed by atoms with E-state index >= 15 is 0 Å². The SMILES string of the molecule is CN1C(=O)CCCN(C(=O)c2cc(=O)n(C)c(=O)n2C)CCCNC(=O)c2nn(C)c3c2CC1CC3. The molecule has 12 heteroatoms. The van der Waals surface area contributed by atoms with E-state index in [0.29, 0.717) is 31.5 Å². The van der Waals surface area contributed by atoms with Crippen molar-refractivity contribution in [2.75, 3.05) is 26.7 Å². The molecule has 3 amide bonds. The maximum Gasteiger partial charge on any atom is 0.331 e. The molecule has 0 saturated carbocycles. The Hall–Kier alpha value is -3.70. The first-order chi connectivity index (χ1) is 17.1. The Kier molecular flexibility index (Phi) is 7.14. The van der Waals surface area contributed by atoms with Gasteiger partial charge in [0.2, 0.25) is 5.91 Å². The molecule has 2 aromatic heterocycles. The third-order valence-corrected chi connectivity index (χ3v) is 7.33. The summed E-state index contributed by atoms with van der Waals surface area (Å²) in [7, 11) is 6.41. The minimum Gasteiger partial charge on any atom is -0.351 e. The lowest BCUT2D eigenvalue weighted by atomic mass is 9.90. The van der Waals surface area contributed by atoms with Crippen molar-refractivity contribution < 1.29 is 14.4 Å². The van der Waals surface area contributed by atoms with Crippen molar-refractivity contribution in [1.29, 1.82) is 0 Å². The van der Waals surface area contributed by atoms with E-state index in [4.69, 9.17) is 0 Å². The quantitative estimate of drug-likeness (QED) is 0.546. The Balaban J connectivity index is 1.59. The van der Waals surface area contributed by atoms with E-state index in [9.17, 15) is 24.0 Å². The molecule has 3 heterocycles. The van der Waals surface area contributed by atoms with Crippen LogP contribution in [-0.4, -0.2) is 79.2 Å². The highest BCUT2D eigenvalue weighted by Crippen LogP contribution is 2.27. The van der Waals surface area contributed by atoms with Gasteiger partial charge in [-0.3, -0.25) is 33.0 Å². The fourth-order valence-corrected chi connectivity index (χ4v) is 5.06. The smallest absolute Gasteiger partial charge is 0.331 e. The number of carbonyl (C=O) groups is 3. The molecular formula is C24H33N7O5. The zero-order valence-electron chi connectivity index (χ0n) is 21.2. The molecule has 12 nitrogen and oxygen atoms in total. The Morgan fingerprint density at radius 2 is 1.72 bits per heavy atom. The van der Waals surface area contributed by atoms with Crippen LogP contribution in [0.4, 0.5) is 0 Å². The summed E-state index contributed by atoms with van der Waals surface area (Å²) in [6.45, 7) is 0.897. The van der Waals surface area contributed by atoms with Gasteiger partial charge in [-0.25, -0.2) is 4.79 Å². The van der Waals surface area contributed by atoms with Crippen LogP contribution < -0.4 is 16.6 Å². The van der Waals surface area contributed by atoms with Crippen LogP contribution in [0.15, 0.2) is 15.7 Å². The monoisotopic (exact) mass is 499 g/mol. The number of hydrogen-bond acceptors (Lipinski definition) is 6. The van der Waals surface area contributed by atoms with Crippen molar-refractivity contribution in [3.63, 3.8) is 0 Å². The number of aryl methyl sites for hydroxylation is 1. The minimum atomic E-state index is -0.588. The molecule has 1 N–H and O–H groups in total. The van der Waals surface area contributed by atoms with Crippen molar-refractivity contribution in [1.82, 2.24) is 34.0 Å². The van der Waals surface area contributed by atoms with Crippen LogP contribution in [0.25, 0.3) is 0 Å². The number of nitrogens with one attached hydrogen (secondary N) is 1. The molecule has 2 aliphatic rings. The second-order valence-electron chi connectivity index (χ2n) is 9.57. The summed E-state index contributed by atoms with van der Waals surface area (Å²) in [6.07, 6.45) is 3.27. The standard InChI is InChI=1S/C24H33N7O5/c1-27-15-8-9-17-16(13-15)21(26-30(17)4)22(34)25-10-6-12-31(11-5-7-19(27)32)23(35)18-14-20(33)29(3)24(36)28(18)2/h14-15H,5-13H2,1-4H3,(H,25,34). The number of fused-ring (bicyclic) bond motifs is 1. The van der Waals surface area contributed by atoms with Gasteiger partial charge in [0.1, 0.15) is 5.69 Å². The van der Waals surface area contributed by atoms with Crippen LogP contribution in [0.1, 0.15) is 57.9 Å². The van der Waals surface area contributed by atoms with Crippen molar-refractivity contribution in [2.45, 2.75) is 44.6 Å². The fourth-order valence-electron chi connectivity index (χ4n) is 5.06. The maximum absolute atomic E-state index is 13.3. The van der Waals surface area contributed by atoms with Gasteiger partial charge in [0.05, 0.1) is 0 Å². The van der Waals surface area contributed by atoms with Gasteiger partial charge in [0.25, 0.3) is 17.4 Å². The normalized spacial score (nSPS) is 19.5. The van der Waals surface area contributed by atoms with E-state index < -0.39 is 17.2 Å². The molecule has 4 rings (SSSR count). The van der Waals surface area contributed by atoms with Crippen LogP contribution in [0.5, 0.6) is 0 Å². The van der Waals surface area contributed by atoms with Crippen molar-refractivity contribution in [2.24, 2.45) is 21.1 Å². The second-order valence-corrected chi connectivity index (χ2v) is 9.57. The van der Waals surface area contributed by atoms with Gasteiger partial charge in [-0.15, -0.1) is 0 Å². The number of carbonyl (C=O) groups excluding carboxylic acids is 3. The number of nitrogens with zero attached hydrogens (tertiary/aromatic N) is 6. The third-order valence-electron chi connectivity index (χ3n) is 7.33. The molecule has 1 aliphatic heterocycles. The first-order valence-electron chi connectivity index (χ1n) is 12.2. The lowest BCUT2D eigenvalue weighted by molar-refractivity contribution is -0.132. The Labute approximate surface area is 208 Å². The highest BCUT2D eigenvalue weighted by molar-refractivity contribution is 5.94. The number of aromatic nitrogens is 4. The number of hydrogen-bond donors (Lipinski definition) is 1. The molecule has 0 spiro atoms. The molecule has 194 valence electrons. The molecule has 36 heavy (non-hydrogen) atoms. The first-order valence-corrected chi connectivity index (χ1v) is 12.2. The van der Waals surface area contributed by atoms with Crippen molar-refractivity contribution in [3.8, 4) is 0 Å². The molecule has 1 atom stereocenters. The zero-order chi connectivity index (χ0) is 26.1.